The molecule has 1 aliphatic rings. The zero-order chi connectivity index (χ0) is 23.3. The molecule has 2 aromatic heterocycles. The quantitative estimate of drug-likeness (QED) is 0.431. The Bertz CT molecular complexity index is 1280. The summed E-state index contributed by atoms with van der Waals surface area (Å²) in [4.78, 5) is 17.2. The molecule has 2 N–H and O–H groups in total. The van der Waals surface area contributed by atoms with Gasteiger partial charge in [-0.05, 0) is 65.6 Å². The van der Waals surface area contributed by atoms with Crippen LogP contribution in [0, 0.1) is 5.92 Å². The molecule has 8 heteroatoms. The molecule has 0 unspecified atom stereocenters. The van der Waals surface area contributed by atoms with E-state index in [2.05, 4.69) is 20.5 Å². The first-order valence-corrected chi connectivity index (χ1v) is 10.9. The number of pyridine rings is 1. The van der Waals surface area contributed by atoms with Crippen LogP contribution in [0.5, 0.6) is 17.2 Å². The zero-order valence-corrected chi connectivity index (χ0v) is 18.7. The molecule has 0 fully saturated rings. The van der Waals surface area contributed by atoms with E-state index in [1.807, 2.05) is 54.7 Å². The Hall–Kier alpha value is -4.33. The van der Waals surface area contributed by atoms with Gasteiger partial charge in [-0.2, -0.15) is 5.10 Å². The minimum atomic E-state index is -0.332. The van der Waals surface area contributed by atoms with Gasteiger partial charge in [-0.25, -0.2) is 0 Å². The molecule has 172 valence electrons. The smallest absolute Gasteiger partial charge is 0.231 e. The minimum Gasteiger partial charge on any atom is -0.497 e. The highest BCUT2D eigenvalue weighted by Crippen LogP contribution is 2.34. The third-order valence-corrected chi connectivity index (χ3v) is 5.76. The van der Waals surface area contributed by atoms with Gasteiger partial charge in [-0.3, -0.25) is 14.9 Å². The lowest BCUT2D eigenvalue weighted by molar-refractivity contribution is -0.121. The second-order valence-electron chi connectivity index (χ2n) is 8.02. The van der Waals surface area contributed by atoms with Gasteiger partial charge >= 0.3 is 0 Å². The Morgan fingerprint density at radius 3 is 2.82 bits per heavy atom. The summed E-state index contributed by atoms with van der Waals surface area (Å²) in [6, 6.07) is 15.1. The molecule has 34 heavy (non-hydrogen) atoms. The van der Waals surface area contributed by atoms with Crippen LogP contribution in [0.3, 0.4) is 0 Å². The molecule has 0 radical (unpaired) electrons. The molecule has 1 aliphatic heterocycles. The summed E-state index contributed by atoms with van der Waals surface area (Å²) in [5.74, 6) is 1.64. The number of nitrogens with one attached hydrogen (secondary N) is 2. The Morgan fingerprint density at radius 2 is 2.03 bits per heavy atom. The van der Waals surface area contributed by atoms with Crippen LogP contribution in [0.15, 0.2) is 73.3 Å². The highest BCUT2D eigenvalue weighted by molar-refractivity contribution is 5.95. The number of anilines is 1. The van der Waals surface area contributed by atoms with Crippen molar-refractivity contribution in [3.05, 3.63) is 84.4 Å². The van der Waals surface area contributed by atoms with Crippen LogP contribution >= 0.6 is 0 Å². The molecule has 0 bridgehead atoms. The van der Waals surface area contributed by atoms with Crippen LogP contribution in [0.25, 0.3) is 11.1 Å². The van der Waals surface area contributed by atoms with Gasteiger partial charge in [-0.1, -0.05) is 6.07 Å². The van der Waals surface area contributed by atoms with E-state index in [0.29, 0.717) is 31.1 Å². The van der Waals surface area contributed by atoms with Crippen LogP contribution in [-0.2, 0) is 17.8 Å². The lowest BCUT2D eigenvalue weighted by atomic mass is 9.95. The van der Waals surface area contributed by atoms with Crippen molar-refractivity contribution in [1.29, 1.82) is 0 Å². The molecule has 1 atom stereocenters. The fraction of sp³-hybridized carbons (Fsp3) is 0.192. The predicted molar refractivity (Wildman–Crippen MR) is 127 cm³/mol. The van der Waals surface area contributed by atoms with Crippen LogP contribution in [0.4, 0.5) is 5.69 Å². The van der Waals surface area contributed by atoms with Gasteiger partial charge in [0.15, 0.2) is 0 Å². The number of fused-ring (bicyclic) bond motifs is 1. The molecule has 0 saturated heterocycles. The van der Waals surface area contributed by atoms with Crippen molar-refractivity contribution in [2.45, 2.75) is 13.0 Å². The van der Waals surface area contributed by atoms with Crippen molar-refractivity contribution in [3.8, 4) is 28.4 Å². The standard InChI is InChI=1S/C26H24N4O4/c1-32-22-3-5-24-19(11-22)10-20(16-34-24)26(31)30-23-4-2-18(21-13-28-29-14-21)12-25(23)33-15-17-6-8-27-9-7-17/h2-9,11-14,20H,10,15-16H2,1H3,(H,28,29)(H,30,31)/t20-/m1/s1. The third kappa shape index (κ3) is 4.71. The van der Waals surface area contributed by atoms with Gasteiger partial charge < -0.3 is 19.5 Å². The van der Waals surface area contributed by atoms with Gasteiger partial charge in [0.25, 0.3) is 0 Å². The number of ether oxygens (including phenoxy) is 3. The molecule has 3 heterocycles. The number of aromatic nitrogens is 3. The highest BCUT2D eigenvalue weighted by atomic mass is 16.5. The molecule has 0 spiro atoms. The van der Waals surface area contributed by atoms with Crippen molar-refractivity contribution in [1.82, 2.24) is 15.2 Å². The Balaban J connectivity index is 1.36. The van der Waals surface area contributed by atoms with Crippen LogP contribution in [-0.4, -0.2) is 34.8 Å². The Labute approximate surface area is 196 Å². The average molecular weight is 457 g/mol. The van der Waals surface area contributed by atoms with Crippen molar-refractivity contribution in [3.63, 3.8) is 0 Å². The van der Waals surface area contributed by atoms with E-state index in [-0.39, 0.29) is 11.8 Å². The van der Waals surface area contributed by atoms with E-state index < -0.39 is 0 Å². The minimum absolute atomic E-state index is 0.127. The molecule has 5 rings (SSSR count). The van der Waals surface area contributed by atoms with E-state index in [0.717, 1.165) is 33.8 Å². The van der Waals surface area contributed by atoms with E-state index in [9.17, 15) is 4.79 Å². The van der Waals surface area contributed by atoms with Crippen molar-refractivity contribution >= 4 is 11.6 Å². The maximum absolute atomic E-state index is 13.2. The van der Waals surface area contributed by atoms with E-state index >= 15 is 0 Å². The molecule has 2 aromatic carbocycles. The maximum atomic E-state index is 13.2. The number of nitrogens with zero attached hydrogens (tertiary/aromatic N) is 2. The number of carbonyl (C=O) groups excluding carboxylic acids is 1. The zero-order valence-electron chi connectivity index (χ0n) is 18.7. The summed E-state index contributed by atoms with van der Waals surface area (Å²) >= 11 is 0. The fourth-order valence-electron chi connectivity index (χ4n) is 3.87. The largest absolute Gasteiger partial charge is 0.497 e. The first kappa shape index (κ1) is 21.5. The van der Waals surface area contributed by atoms with Crippen LogP contribution in [0.1, 0.15) is 11.1 Å². The van der Waals surface area contributed by atoms with Gasteiger partial charge in [0.05, 0.1) is 24.9 Å². The summed E-state index contributed by atoms with van der Waals surface area (Å²) in [6.45, 7) is 0.658. The fourth-order valence-corrected chi connectivity index (χ4v) is 3.87. The Morgan fingerprint density at radius 1 is 1.15 bits per heavy atom. The summed E-state index contributed by atoms with van der Waals surface area (Å²) in [6.07, 6.45) is 7.56. The molecule has 0 saturated carbocycles. The number of carbonyl (C=O) groups is 1. The van der Waals surface area contributed by atoms with Gasteiger partial charge in [0.2, 0.25) is 5.91 Å². The topological polar surface area (TPSA) is 98.4 Å². The van der Waals surface area contributed by atoms with Crippen molar-refractivity contribution < 1.29 is 19.0 Å². The lowest BCUT2D eigenvalue weighted by Gasteiger charge is -2.25. The number of hydrogen-bond donors (Lipinski definition) is 2. The average Bonchev–Trinajstić information content (AvgIpc) is 3.43. The second kappa shape index (κ2) is 9.66. The molecule has 4 aromatic rings. The summed E-state index contributed by atoms with van der Waals surface area (Å²) in [5, 5.41) is 9.88. The summed E-state index contributed by atoms with van der Waals surface area (Å²) in [7, 11) is 1.62. The second-order valence-corrected chi connectivity index (χ2v) is 8.02. The third-order valence-electron chi connectivity index (χ3n) is 5.76. The lowest BCUT2D eigenvalue weighted by Crippen LogP contribution is -2.32. The summed E-state index contributed by atoms with van der Waals surface area (Å²) < 4.78 is 17.3. The first-order valence-electron chi connectivity index (χ1n) is 10.9. The van der Waals surface area contributed by atoms with Gasteiger partial charge in [0, 0.05) is 24.2 Å². The van der Waals surface area contributed by atoms with E-state index in [1.165, 1.54) is 0 Å². The number of amides is 1. The van der Waals surface area contributed by atoms with Crippen molar-refractivity contribution in [2.24, 2.45) is 5.92 Å². The molecule has 1 amide bonds. The normalized spacial score (nSPS) is 14.6. The number of H-pyrrole nitrogens is 1. The summed E-state index contributed by atoms with van der Waals surface area (Å²) in [5.41, 5.74) is 4.39. The number of benzene rings is 2. The van der Waals surface area contributed by atoms with E-state index in [1.54, 1.807) is 25.7 Å². The monoisotopic (exact) mass is 456 g/mol. The Kier molecular flexibility index (Phi) is 6.11. The first-order chi connectivity index (χ1) is 16.7. The maximum Gasteiger partial charge on any atom is 0.231 e. The molecule has 0 aliphatic carbocycles. The van der Waals surface area contributed by atoms with E-state index in [4.69, 9.17) is 14.2 Å². The number of hydrogen-bond acceptors (Lipinski definition) is 6. The van der Waals surface area contributed by atoms with Gasteiger partial charge in [-0.15, -0.1) is 0 Å². The van der Waals surface area contributed by atoms with Crippen molar-refractivity contribution in [2.75, 3.05) is 19.0 Å². The highest BCUT2D eigenvalue weighted by Gasteiger charge is 2.27. The number of methoxy groups -OCH3 is 1. The van der Waals surface area contributed by atoms with Crippen LogP contribution in [0.2, 0.25) is 0 Å². The molecular weight excluding hydrogens is 432 g/mol. The number of rotatable bonds is 7. The van der Waals surface area contributed by atoms with Gasteiger partial charge in [0.1, 0.15) is 30.5 Å². The number of aromatic amines is 1. The molecule has 8 nitrogen and oxygen atoms in total. The molecular formula is C26H24N4O4. The van der Waals surface area contributed by atoms with Crippen LogP contribution < -0.4 is 19.5 Å². The SMILES string of the molecule is COc1ccc2c(c1)C[C@@H](C(=O)Nc1ccc(-c3cn[nH]c3)cc1OCc1ccncc1)CO2. The predicted octanol–water partition coefficient (Wildman–Crippen LogP) is 4.25.